The molecule has 1 fully saturated rings. The van der Waals surface area contributed by atoms with Crippen LogP contribution in [0.4, 0.5) is 0 Å². The molecule has 21 heavy (non-hydrogen) atoms. The van der Waals surface area contributed by atoms with Crippen LogP contribution in [0, 0.1) is 0 Å². The van der Waals surface area contributed by atoms with Crippen LogP contribution in [0.25, 0.3) is 0 Å². The first-order valence-corrected chi connectivity index (χ1v) is 6.81. The van der Waals surface area contributed by atoms with Crippen LogP contribution in [0.1, 0.15) is 23.3 Å². The molecule has 2 aromatic rings. The minimum atomic E-state index is -0.115. The van der Waals surface area contributed by atoms with Crippen LogP contribution in [0.3, 0.4) is 0 Å². The van der Waals surface area contributed by atoms with Gasteiger partial charge in [0.25, 0.3) is 5.91 Å². The molecule has 0 N–H and O–H groups in total. The van der Waals surface area contributed by atoms with Crippen LogP contribution in [-0.4, -0.2) is 49.9 Å². The number of piperidine rings is 1. The average Bonchev–Trinajstić information content (AvgIpc) is 2.56. The Hall–Kier alpha value is -2.57. The van der Waals surface area contributed by atoms with Crippen molar-refractivity contribution in [1.82, 2.24) is 24.8 Å². The molecule has 0 spiro atoms. The van der Waals surface area contributed by atoms with Crippen LogP contribution in [0.5, 0.6) is 5.88 Å². The zero-order chi connectivity index (χ0) is 14.5. The Morgan fingerprint density at radius 3 is 2.67 bits per heavy atom. The molecule has 3 rings (SSSR count). The number of rotatable bonds is 3. The summed E-state index contributed by atoms with van der Waals surface area (Å²) in [5, 5.41) is 0. The number of carbonyl (C=O) groups excluding carboxylic acids is 1. The van der Waals surface area contributed by atoms with Gasteiger partial charge in [0.05, 0.1) is 18.9 Å². The molecule has 1 unspecified atom stereocenters. The first kappa shape index (κ1) is 13.4. The first-order valence-electron chi connectivity index (χ1n) is 6.81. The molecule has 0 aliphatic carbocycles. The Morgan fingerprint density at radius 1 is 1.14 bits per heavy atom. The normalized spacial score (nSPS) is 18.3. The highest BCUT2D eigenvalue weighted by Gasteiger charge is 2.26. The second-order valence-corrected chi connectivity index (χ2v) is 4.77. The summed E-state index contributed by atoms with van der Waals surface area (Å²) in [5.74, 6) is 0.367. The summed E-state index contributed by atoms with van der Waals surface area (Å²) in [6.07, 6.45) is 11.0. The van der Waals surface area contributed by atoms with E-state index in [0.717, 1.165) is 12.8 Å². The van der Waals surface area contributed by atoms with Crippen LogP contribution in [-0.2, 0) is 0 Å². The molecular weight excluding hydrogens is 270 g/mol. The molecule has 1 aliphatic heterocycles. The Kier molecular flexibility index (Phi) is 3.99. The zero-order valence-electron chi connectivity index (χ0n) is 11.4. The number of nitrogens with zero attached hydrogens (tertiary/aromatic N) is 5. The van der Waals surface area contributed by atoms with Gasteiger partial charge in [-0.3, -0.25) is 14.8 Å². The highest BCUT2D eigenvalue weighted by Crippen LogP contribution is 2.17. The Balaban J connectivity index is 1.64. The third-order valence-corrected chi connectivity index (χ3v) is 3.27. The quantitative estimate of drug-likeness (QED) is 0.835. The number of ether oxygens (including phenoxy) is 1. The Labute approximate surface area is 122 Å². The highest BCUT2D eigenvalue weighted by molar-refractivity contribution is 5.92. The SMILES string of the molecule is O=C(c1cnccn1)N1CCCC(Oc2cnccn2)C1. The summed E-state index contributed by atoms with van der Waals surface area (Å²) >= 11 is 0. The molecular formula is C14H15N5O2. The van der Waals surface area contributed by atoms with Crippen molar-refractivity contribution < 1.29 is 9.53 Å². The third kappa shape index (κ3) is 3.31. The lowest BCUT2D eigenvalue weighted by molar-refractivity contribution is 0.0521. The lowest BCUT2D eigenvalue weighted by Crippen LogP contribution is -2.44. The Bertz CT molecular complexity index is 593. The summed E-state index contributed by atoms with van der Waals surface area (Å²) in [5.41, 5.74) is 0.359. The van der Waals surface area contributed by atoms with Crippen LogP contribution in [0.2, 0.25) is 0 Å². The van der Waals surface area contributed by atoms with Gasteiger partial charge in [-0.15, -0.1) is 0 Å². The number of carbonyl (C=O) groups is 1. The van der Waals surface area contributed by atoms with Gasteiger partial charge in [-0.25, -0.2) is 9.97 Å². The molecule has 0 saturated carbocycles. The maximum Gasteiger partial charge on any atom is 0.274 e. The van der Waals surface area contributed by atoms with Crippen molar-refractivity contribution in [1.29, 1.82) is 0 Å². The average molecular weight is 285 g/mol. The fraction of sp³-hybridized carbons (Fsp3) is 0.357. The lowest BCUT2D eigenvalue weighted by atomic mass is 10.1. The van der Waals surface area contributed by atoms with Gasteiger partial charge in [0, 0.05) is 31.3 Å². The maximum absolute atomic E-state index is 12.3. The van der Waals surface area contributed by atoms with Gasteiger partial charge >= 0.3 is 0 Å². The summed E-state index contributed by atoms with van der Waals surface area (Å²) in [6.45, 7) is 1.22. The molecule has 7 heteroatoms. The molecule has 0 aromatic carbocycles. The molecule has 0 radical (unpaired) electrons. The summed E-state index contributed by atoms with van der Waals surface area (Å²) < 4.78 is 5.77. The summed E-state index contributed by atoms with van der Waals surface area (Å²) in [7, 11) is 0. The zero-order valence-corrected chi connectivity index (χ0v) is 11.4. The van der Waals surface area contributed by atoms with Gasteiger partial charge in [-0.2, -0.15) is 0 Å². The summed E-state index contributed by atoms with van der Waals surface area (Å²) in [6, 6.07) is 0. The highest BCUT2D eigenvalue weighted by atomic mass is 16.5. The Morgan fingerprint density at radius 2 is 1.95 bits per heavy atom. The first-order chi connectivity index (χ1) is 10.3. The van der Waals surface area contributed by atoms with E-state index in [4.69, 9.17) is 4.74 Å². The molecule has 3 heterocycles. The van der Waals surface area contributed by atoms with Gasteiger partial charge in [-0.05, 0) is 12.8 Å². The van der Waals surface area contributed by atoms with E-state index in [9.17, 15) is 4.79 Å². The van der Waals surface area contributed by atoms with Crippen molar-refractivity contribution in [3.8, 4) is 5.88 Å². The summed E-state index contributed by atoms with van der Waals surface area (Å²) in [4.78, 5) is 30.1. The van der Waals surface area contributed by atoms with Crippen molar-refractivity contribution in [2.24, 2.45) is 0 Å². The number of hydrogen-bond acceptors (Lipinski definition) is 6. The molecule has 1 amide bonds. The third-order valence-electron chi connectivity index (χ3n) is 3.27. The molecule has 2 aromatic heterocycles. The molecule has 0 bridgehead atoms. The van der Waals surface area contributed by atoms with E-state index in [-0.39, 0.29) is 12.0 Å². The van der Waals surface area contributed by atoms with E-state index in [1.807, 2.05) is 0 Å². The van der Waals surface area contributed by atoms with Crippen LogP contribution >= 0.6 is 0 Å². The van der Waals surface area contributed by atoms with Gasteiger partial charge < -0.3 is 9.64 Å². The number of hydrogen-bond donors (Lipinski definition) is 0. The topological polar surface area (TPSA) is 81.1 Å². The van der Waals surface area contributed by atoms with Crippen LogP contribution < -0.4 is 4.74 Å². The standard InChI is InChI=1S/C14H15N5O2/c20-14(12-8-15-3-5-17-12)19-7-1-2-11(10-19)21-13-9-16-4-6-18-13/h3-6,8-9,11H,1-2,7,10H2. The van der Waals surface area contributed by atoms with Gasteiger partial charge in [0.1, 0.15) is 11.8 Å². The second kappa shape index (κ2) is 6.25. The van der Waals surface area contributed by atoms with Gasteiger partial charge in [0.2, 0.25) is 5.88 Å². The number of amides is 1. The minimum absolute atomic E-state index is 0.0731. The monoisotopic (exact) mass is 285 g/mol. The largest absolute Gasteiger partial charge is 0.471 e. The van der Waals surface area contributed by atoms with Crippen molar-refractivity contribution in [3.05, 3.63) is 42.9 Å². The number of aromatic nitrogens is 4. The second-order valence-electron chi connectivity index (χ2n) is 4.77. The van der Waals surface area contributed by atoms with E-state index in [1.54, 1.807) is 29.7 Å². The van der Waals surface area contributed by atoms with Crippen molar-refractivity contribution in [3.63, 3.8) is 0 Å². The smallest absolute Gasteiger partial charge is 0.274 e. The predicted octanol–water partition coefficient (Wildman–Crippen LogP) is 0.950. The predicted molar refractivity (Wildman–Crippen MR) is 73.6 cm³/mol. The molecule has 1 saturated heterocycles. The van der Waals surface area contributed by atoms with E-state index in [2.05, 4.69) is 19.9 Å². The van der Waals surface area contributed by atoms with Crippen molar-refractivity contribution in [2.75, 3.05) is 13.1 Å². The van der Waals surface area contributed by atoms with Crippen LogP contribution in [0.15, 0.2) is 37.2 Å². The molecule has 108 valence electrons. The van der Waals surface area contributed by atoms with Gasteiger partial charge in [-0.1, -0.05) is 0 Å². The van der Waals surface area contributed by atoms with Gasteiger partial charge in [0.15, 0.2) is 0 Å². The maximum atomic E-state index is 12.3. The molecule has 7 nitrogen and oxygen atoms in total. The molecule has 1 atom stereocenters. The fourth-order valence-corrected chi connectivity index (χ4v) is 2.31. The molecule has 1 aliphatic rings. The van der Waals surface area contributed by atoms with E-state index in [0.29, 0.717) is 24.7 Å². The van der Waals surface area contributed by atoms with Crippen molar-refractivity contribution in [2.45, 2.75) is 18.9 Å². The van der Waals surface area contributed by atoms with E-state index in [1.165, 1.54) is 12.4 Å². The number of likely N-dealkylation sites (tertiary alicyclic amines) is 1. The fourth-order valence-electron chi connectivity index (χ4n) is 2.31. The van der Waals surface area contributed by atoms with E-state index >= 15 is 0 Å². The minimum Gasteiger partial charge on any atom is -0.471 e. The van der Waals surface area contributed by atoms with Crippen molar-refractivity contribution >= 4 is 5.91 Å². The lowest BCUT2D eigenvalue weighted by Gasteiger charge is -2.32. The van der Waals surface area contributed by atoms with E-state index < -0.39 is 0 Å².